The number of nitrogens with zero attached hydrogens (tertiary/aromatic N) is 4. The molecule has 0 aliphatic rings. The fourth-order valence-electron chi connectivity index (χ4n) is 1.19. The van der Waals surface area contributed by atoms with Crippen LogP contribution >= 0.6 is 15.9 Å². The minimum atomic E-state index is 0.572. The van der Waals surface area contributed by atoms with Gasteiger partial charge >= 0.3 is 0 Å². The van der Waals surface area contributed by atoms with Crippen molar-refractivity contribution in [1.82, 2.24) is 20.2 Å². The van der Waals surface area contributed by atoms with Gasteiger partial charge in [0.25, 0.3) is 0 Å². The van der Waals surface area contributed by atoms with E-state index in [2.05, 4.69) is 31.3 Å². The van der Waals surface area contributed by atoms with Crippen LogP contribution in [-0.4, -0.2) is 27.3 Å². The fourth-order valence-corrected chi connectivity index (χ4v) is 1.62. The maximum Gasteiger partial charge on any atom is 0.206 e. The molecule has 0 saturated heterocycles. The fraction of sp³-hybridized carbons (Fsp3) is 0.222. The number of ether oxygens (including phenoxy) is 1. The van der Waals surface area contributed by atoms with Crippen molar-refractivity contribution in [2.75, 3.05) is 7.11 Å². The highest BCUT2D eigenvalue weighted by atomic mass is 79.9. The Morgan fingerprint density at radius 1 is 1.40 bits per heavy atom. The van der Waals surface area contributed by atoms with E-state index in [-0.39, 0.29) is 0 Å². The molecule has 0 unspecified atom stereocenters. The Kier molecular flexibility index (Phi) is 2.68. The van der Waals surface area contributed by atoms with E-state index in [0.29, 0.717) is 5.82 Å². The van der Waals surface area contributed by atoms with Gasteiger partial charge in [-0.2, -0.15) is 4.80 Å². The summed E-state index contributed by atoms with van der Waals surface area (Å²) in [5.74, 6) is 1.34. The summed E-state index contributed by atoms with van der Waals surface area (Å²) in [4.78, 5) is 1.42. The van der Waals surface area contributed by atoms with Gasteiger partial charge < -0.3 is 4.74 Å². The molecule has 0 amide bonds. The van der Waals surface area contributed by atoms with Gasteiger partial charge in [0, 0.05) is 10.0 Å². The summed E-state index contributed by atoms with van der Waals surface area (Å²) in [6, 6.07) is 5.62. The monoisotopic (exact) mass is 268 g/mol. The van der Waals surface area contributed by atoms with Crippen LogP contribution < -0.4 is 4.74 Å². The first-order chi connectivity index (χ1) is 7.20. The van der Waals surface area contributed by atoms with E-state index in [1.165, 1.54) is 4.80 Å². The molecule has 0 fully saturated rings. The first-order valence-electron chi connectivity index (χ1n) is 4.28. The molecule has 0 bridgehead atoms. The summed E-state index contributed by atoms with van der Waals surface area (Å²) in [6.07, 6.45) is 0. The first kappa shape index (κ1) is 10.1. The lowest BCUT2D eigenvalue weighted by atomic mass is 10.2. The summed E-state index contributed by atoms with van der Waals surface area (Å²) in [6.45, 7) is 0. The van der Waals surface area contributed by atoms with E-state index in [1.54, 1.807) is 14.2 Å². The van der Waals surface area contributed by atoms with Crippen LogP contribution in [0.15, 0.2) is 22.7 Å². The summed E-state index contributed by atoms with van der Waals surface area (Å²) in [7, 11) is 3.35. The third-order valence-corrected chi connectivity index (χ3v) is 2.61. The molecule has 6 heteroatoms. The van der Waals surface area contributed by atoms with Gasteiger partial charge in [0.1, 0.15) is 5.75 Å². The maximum absolute atomic E-state index is 5.13. The predicted octanol–water partition coefficient (Wildman–Crippen LogP) is 1.65. The molecule has 1 heterocycles. The van der Waals surface area contributed by atoms with Gasteiger partial charge in [0.2, 0.25) is 5.82 Å². The molecule has 2 aromatic rings. The standard InChI is InChI=1S/C9H9BrN4O/c1-14-12-9(11-13-14)7-5-6(15-2)3-4-8(7)10/h3-5H,1-2H3. The van der Waals surface area contributed by atoms with Crippen LogP contribution in [0.5, 0.6) is 5.75 Å². The quantitative estimate of drug-likeness (QED) is 0.831. The van der Waals surface area contributed by atoms with Crippen LogP contribution in [0, 0.1) is 0 Å². The van der Waals surface area contributed by atoms with Crippen LogP contribution in [0.2, 0.25) is 0 Å². The Bertz CT molecular complexity index is 483. The molecule has 5 nitrogen and oxygen atoms in total. The lowest BCUT2D eigenvalue weighted by molar-refractivity contribution is 0.415. The van der Waals surface area contributed by atoms with Gasteiger partial charge in [-0.3, -0.25) is 0 Å². The molecule has 0 atom stereocenters. The van der Waals surface area contributed by atoms with Crippen LogP contribution in [0.1, 0.15) is 0 Å². The zero-order chi connectivity index (χ0) is 10.8. The summed E-state index contributed by atoms with van der Waals surface area (Å²) in [5.41, 5.74) is 0.863. The number of aryl methyl sites for hydroxylation is 1. The maximum atomic E-state index is 5.13. The number of benzene rings is 1. The van der Waals surface area contributed by atoms with Crippen molar-refractivity contribution < 1.29 is 4.74 Å². The molecular formula is C9H9BrN4O. The van der Waals surface area contributed by atoms with Crippen molar-refractivity contribution in [3.63, 3.8) is 0 Å². The van der Waals surface area contributed by atoms with E-state index in [0.717, 1.165) is 15.8 Å². The van der Waals surface area contributed by atoms with Crippen molar-refractivity contribution in [2.45, 2.75) is 0 Å². The molecule has 2 rings (SSSR count). The Morgan fingerprint density at radius 2 is 2.20 bits per heavy atom. The largest absolute Gasteiger partial charge is 0.497 e. The van der Waals surface area contributed by atoms with Crippen molar-refractivity contribution in [3.05, 3.63) is 22.7 Å². The zero-order valence-corrected chi connectivity index (χ0v) is 9.89. The topological polar surface area (TPSA) is 52.8 Å². The van der Waals surface area contributed by atoms with E-state index in [4.69, 9.17) is 4.74 Å². The Balaban J connectivity index is 2.51. The molecule has 0 N–H and O–H groups in total. The first-order valence-corrected chi connectivity index (χ1v) is 5.08. The SMILES string of the molecule is COc1ccc(Br)c(-c2nnn(C)n2)c1. The molecule has 0 radical (unpaired) electrons. The van der Waals surface area contributed by atoms with Gasteiger partial charge in [-0.15, -0.1) is 10.2 Å². The predicted molar refractivity (Wildman–Crippen MR) is 58.5 cm³/mol. The van der Waals surface area contributed by atoms with Crippen molar-refractivity contribution in [2.24, 2.45) is 7.05 Å². The number of methoxy groups -OCH3 is 1. The number of hydrogen-bond acceptors (Lipinski definition) is 4. The lowest BCUT2D eigenvalue weighted by Gasteiger charge is -2.03. The van der Waals surface area contributed by atoms with Crippen molar-refractivity contribution >= 4 is 15.9 Å². The normalized spacial score (nSPS) is 10.3. The van der Waals surface area contributed by atoms with Crippen molar-refractivity contribution in [1.29, 1.82) is 0 Å². The molecule has 1 aromatic carbocycles. The molecular weight excluding hydrogens is 260 g/mol. The summed E-state index contributed by atoms with van der Waals surface area (Å²) < 4.78 is 6.05. The third-order valence-electron chi connectivity index (χ3n) is 1.92. The second-order valence-electron chi connectivity index (χ2n) is 2.95. The highest BCUT2D eigenvalue weighted by Gasteiger charge is 2.09. The highest BCUT2D eigenvalue weighted by Crippen LogP contribution is 2.28. The van der Waals surface area contributed by atoms with Gasteiger partial charge in [-0.25, -0.2) is 0 Å². The van der Waals surface area contributed by atoms with Crippen molar-refractivity contribution in [3.8, 4) is 17.1 Å². The molecule has 1 aromatic heterocycles. The Hall–Kier alpha value is -1.43. The second kappa shape index (κ2) is 3.98. The van der Waals surface area contributed by atoms with Gasteiger partial charge in [-0.05, 0) is 23.4 Å². The van der Waals surface area contributed by atoms with Crippen LogP contribution in [0.25, 0.3) is 11.4 Å². The number of rotatable bonds is 2. The van der Waals surface area contributed by atoms with Crippen LogP contribution in [0.4, 0.5) is 0 Å². The van der Waals surface area contributed by atoms with E-state index in [1.807, 2.05) is 18.2 Å². The van der Waals surface area contributed by atoms with Crippen LogP contribution in [0.3, 0.4) is 0 Å². The minimum Gasteiger partial charge on any atom is -0.497 e. The molecule has 15 heavy (non-hydrogen) atoms. The minimum absolute atomic E-state index is 0.572. The zero-order valence-electron chi connectivity index (χ0n) is 8.31. The van der Waals surface area contributed by atoms with Gasteiger partial charge in [-0.1, -0.05) is 15.9 Å². The molecule has 78 valence electrons. The van der Waals surface area contributed by atoms with E-state index >= 15 is 0 Å². The summed E-state index contributed by atoms with van der Waals surface area (Å²) in [5, 5.41) is 11.8. The highest BCUT2D eigenvalue weighted by molar-refractivity contribution is 9.10. The smallest absolute Gasteiger partial charge is 0.206 e. The van der Waals surface area contributed by atoms with E-state index < -0.39 is 0 Å². The number of aromatic nitrogens is 4. The number of hydrogen-bond donors (Lipinski definition) is 0. The Labute approximate surface area is 95.2 Å². The number of halogens is 1. The van der Waals surface area contributed by atoms with E-state index in [9.17, 15) is 0 Å². The average molecular weight is 269 g/mol. The molecule has 0 aliphatic heterocycles. The lowest BCUT2D eigenvalue weighted by Crippen LogP contribution is -1.92. The molecule has 0 saturated carbocycles. The third kappa shape index (κ3) is 1.99. The summed E-state index contributed by atoms with van der Waals surface area (Å²) >= 11 is 3.43. The average Bonchev–Trinajstić information content (AvgIpc) is 2.65. The Morgan fingerprint density at radius 3 is 2.80 bits per heavy atom. The van der Waals surface area contributed by atoms with Gasteiger partial charge in [0.05, 0.1) is 14.2 Å². The number of tetrazole rings is 1. The van der Waals surface area contributed by atoms with Crippen LogP contribution in [-0.2, 0) is 7.05 Å². The second-order valence-corrected chi connectivity index (χ2v) is 3.80. The molecule has 0 aliphatic carbocycles. The van der Waals surface area contributed by atoms with Gasteiger partial charge in [0.15, 0.2) is 0 Å². The molecule has 0 spiro atoms.